The number of rotatable bonds is 61. The number of carbonyl (C=O) groups is 3. The summed E-state index contributed by atoms with van der Waals surface area (Å²) < 4.78 is 16.9. The number of carbonyl (C=O) groups excluding carboxylic acids is 3. The summed E-state index contributed by atoms with van der Waals surface area (Å²) in [5, 5.41) is 0. The molecule has 0 aliphatic heterocycles. The van der Waals surface area contributed by atoms with Crippen molar-refractivity contribution in [2.24, 2.45) is 0 Å². The van der Waals surface area contributed by atoms with Crippen molar-refractivity contribution in [3.8, 4) is 0 Å². The van der Waals surface area contributed by atoms with Gasteiger partial charge in [-0.15, -0.1) is 0 Å². The molecule has 446 valence electrons. The zero-order valence-corrected chi connectivity index (χ0v) is 51.2. The third-order valence-corrected chi connectivity index (χ3v) is 14.7. The van der Waals surface area contributed by atoms with Gasteiger partial charge in [-0.05, 0) is 109 Å². The number of hydrogen-bond donors (Lipinski definition) is 0. The van der Waals surface area contributed by atoms with Crippen molar-refractivity contribution < 1.29 is 28.6 Å². The molecular weight excluding hydrogens is 949 g/mol. The van der Waals surface area contributed by atoms with Crippen LogP contribution in [-0.4, -0.2) is 37.2 Å². The standard InChI is InChI=1S/C71H126O6/c1-4-7-10-13-16-19-22-24-26-28-29-30-31-32-33-34-35-36-37-38-39-40-41-43-44-46-49-52-55-58-61-64-70(73)76-67-68(66-75-69(72)63-60-57-54-51-48-21-18-15-12-9-6-3)77-71(74)65-62-59-56-53-50-47-45-42-27-25-23-20-17-14-11-8-5-2/h15,17-18,20,22,24-25,27-29,31-32,68H,4-14,16,19,21,23,26,30,33-67H2,1-3H3/b18-15-,20-17-,24-22-,27-25-,29-28-,32-31-. The van der Waals surface area contributed by atoms with Crippen molar-refractivity contribution in [2.75, 3.05) is 13.2 Å². The Bertz CT molecular complexity index is 1420. The average Bonchev–Trinajstić information content (AvgIpc) is 3.43. The monoisotopic (exact) mass is 1070 g/mol. The number of allylic oxidation sites excluding steroid dienone is 12. The van der Waals surface area contributed by atoms with E-state index in [1.54, 1.807) is 0 Å². The van der Waals surface area contributed by atoms with E-state index < -0.39 is 6.10 Å². The first-order valence-electron chi connectivity index (χ1n) is 33.4. The molecule has 0 saturated carbocycles. The highest BCUT2D eigenvalue weighted by atomic mass is 16.6. The molecule has 6 nitrogen and oxygen atoms in total. The van der Waals surface area contributed by atoms with Crippen molar-refractivity contribution in [3.63, 3.8) is 0 Å². The largest absolute Gasteiger partial charge is 0.462 e. The van der Waals surface area contributed by atoms with E-state index in [4.69, 9.17) is 14.2 Å². The van der Waals surface area contributed by atoms with Crippen molar-refractivity contribution in [1.82, 2.24) is 0 Å². The van der Waals surface area contributed by atoms with E-state index in [-0.39, 0.29) is 31.1 Å². The third-order valence-electron chi connectivity index (χ3n) is 14.7. The highest BCUT2D eigenvalue weighted by Crippen LogP contribution is 2.17. The quantitative estimate of drug-likeness (QED) is 0.0261. The Balaban J connectivity index is 4.16. The minimum Gasteiger partial charge on any atom is -0.462 e. The molecule has 77 heavy (non-hydrogen) atoms. The molecule has 0 amide bonds. The van der Waals surface area contributed by atoms with Gasteiger partial charge in [-0.1, -0.05) is 286 Å². The lowest BCUT2D eigenvalue weighted by molar-refractivity contribution is -0.167. The van der Waals surface area contributed by atoms with Crippen LogP contribution < -0.4 is 0 Å². The van der Waals surface area contributed by atoms with Gasteiger partial charge in [0.2, 0.25) is 0 Å². The smallest absolute Gasteiger partial charge is 0.306 e. The van der Waals surface area contributed by atoms with Gasteiger partial charge < -0.3 is 14.2 Å². The van der Waals surface area contributed by atoms with E-state index >= 15 is 0 Å². The summed E-state index contributed by atoms with van der Waals surface area (Å²) in [6.07, 6.45) is 85.0. The Morgan fingerprint density at radius 1 is 0.260 bits per heavy atom. The lowest BCUT2D eigenvalue weighted by atomic mass is 10.0. The van der Waals surface area contributed by atoms with E-state index in [0.717, 1.165) is 89.9 Å². The minimum absolute atomic E-state index is 0.0789. The van der Waals surface area contributed by atoms with Crippen molar-refractivity contribution >= 4 is 17.9 Å². The van der Waals surface area contributed by atoms with Gasteiger partial charge in [-0.3, -0.25) is 14.4 Å². The molecule has 1 unspecified atom stereocenters. The van der Waals surface area contributed by atoms with E-state index in [1.807, 2.05) is 0 Å². The van der Waals surface area contributed by atoms with Crippen molar-refractivity contribution in [1.29, 1.82) is 0 Å². The Morgan fingerprint density at radius 3 is 0.805 bits per heavy atom. The predicted molar refractivity (Wildman–Crippen MR) is 335 cm³/mol. The summed E-state index contributed by atoms with van der Waals surface area (Å²) in [6.45, 7) is 6.59. The molecule has 0 saturated heterocycles. The maximum Gasteiger partial charge on any atom is 0.306 e. The molecule has 0 aromatic carbocycles. The zero-order valence-electron chi connectivity index (χ0n) is 51.2. The highest BCUT2D eigenvalue weighted by molar-refractivity contribution is 5.71. The van der Waals surface area contributed by atoms with E-state index in [2.05, 4.69) is 93.7 Å². The van der Waals surface area contributed by atoms with Gasteiger partial charge in [0, 0.05) is 19.3 Å². The summed E-state index contributed by atoms with van der Waals surface area (Å²) in [6, 6.07) is 0. The maximum atomic E-state index is 12.9. The maximum absolute atomic E-state index is 12.9. The second kappa shape index (κ2) is 65.4. The van der Waals surface area contributed by atoms with Crippen LogP contribution in [0.15, 0.2) is 72.9 Å². The summed E-state index contributed by atoms with van der Waals surface area (Å²) in [7, 11) is 0. The zero-order chi connectivity index (χ0) is 55.7. The topological polar surface area (TPSA) is 78.9 Å². The van der Waals surface area contributed by atoms with Gasteiger partial charge in [0.25, 0.3) is 0 Å². The summed E-state index contributed by atoms with van der Waals surface area (Å²) in [4.78, 5) is 38.2. The molecule has 0 bridgehead atoms. The second-order valence-electron chi connectivity index (χ2n) is 22.4. The van der Waals surface area contributed by atoms with E-state index in [9.17, 15) is 14.4 Å². The normalized spacial score (nSPS) is 12.5. The number of unbranched alkanes of at least 4 members (excludes halogenated alkanes) is 38. The van der Waals surface area contributed by atoms with Gasteiger partial charge in [0.1, 0.15) is 13.2 Å². The van der Waals surface area contributed by atoms with Crippen LogP contribution in [0.25, 0.3) is 0 Å². The molecule has 0 heterocycles. The third kappa shape index (κ3) is 63.6. The molecule has 0 spiro atoms. The fourth-order valence-electron chi connectivity index (χ4n) is 9.58. The van der Waals surface area contributed by atoms with Crippen LogP contribution in [0.2, 0.25) is 0 Å². The van der Waals surface area contributed by atoms with E-state index in [0.29, 0.717) is 19.3 Å². The molecule has 6 heteroatoms. The molecule has 0 aromatic rings. The molecular formula is C71H126O6. The van der Waals surface area contributed by atoms with Crippen LogP contribution in [0.3, 0.4) is 0 Å². The van der Waals surface area contributed by atoms with Crippen LogP contribution in [0.1, 0.15) is 342 Å². The minimum atomic E-state index is -0.782. The molecule has 0 aromatic heterocycles. The van der Waals surface area contributed by atoms with Crippen molar-refractivity contribution in [2.45, 2.75) is 348 Å². The highest BCUT2D eigenvalue weighted by Gasteiger charge is 2.19. The van der Waals surface area contributed by atoms with Crippen LogP contribution in [0.5, 0.6) is 0 Å². The molecule has 0 rings (SSSR count). The number of ether oxygens (including phenoxy) is 3. The van der Waals surface area contributed by atoms with Gasteiger partial charge in [0.15, 0.2) is 6.10 Å². The van der Waals surface area contributed by atoms with Gasteiger partial charge in [-0.25, -0.2) is 0 Å². The first-order valence-corrected chi connectivity index (χ1v) is 33.4. The molecule has 1 atom stereocenters. The number of hydrogen-bond acceptors (Lipinski definition) is 6. The number of esters is 3. The van der Waals surface area contributed by atoms with E-state index in [1.165, 1.54) is 212 Å². The average molecular weight is 1080 g/mol. The fraction of sp³-hybridized carbons (Fsp3) is 0.789. The summed E-state index contributed by atoms with van der Waals surface area (Å²) in [5.74, 6) is -0.883. The summed E-state index contributed by atoms with van der Waals surface area (Å²) >= 11 is 0. The van der Waals surface area contributed by atoms with Crippen LogP contribution in [0.4, 0.5) is 0 Å². The Hall–Kier alpha value is -3.15. The van der Waals surface area contributed by atoms with Crippen molar-refractivity contribution in [3.05, 3.63) is 72.9 Å². The first-order chi connectivity index (χ1) is 38.0. The molecule has 0 N–H and O–H groups in total. The molecule has 0 radical (unpaired) electrons. The van der Waals surface area contributed by atoms with Crippen LogP contribution in [-0.2, 0) is 28.6 Å². The Morgan fingerprint density at radius 2 is 0.481 bits per heavy atom. The molecule has 0 aliphatic rings. The molecule has 0 aliphatic carbocycles. The second-order valence-corrected chi connectivity index (χ2v) is 22.4. The van der Waals surface area contributed by atoms with Gasteiger partial charge in [-0.2, -0.15) is 0 Å². The summed E-state index contributed by atoms with van der Waals surface area (Å²) in [5.41, 5.74) is 0. The fourth-order valence-corrected chi connectivity index (χ4v) is 9.58. The lowest BCUT2D eigenvalue weighted by Gasteiger charge is -2.18. The molecule has 0 fully saturated rings. The Kier molecular flexibility index (Phi) is 62.7. The first kappa shape index (κ1) is 73.8. The SMILES string of the molecule is CCCC/C=C\CCCCCCCC(=O)OCC(COC(=O)CCCCCCCCCCCCCCCCCC/C=C\C/C=C\C/C=C\CCCCCCC)OC(=O)CCCCCCCCC/C=C\C/C=C\CCCCC. The predicted octanol–water partition coefficient (Wildman–Crippen LogP) is 22.9. The lowest BCUT2D eigenvalue weighted by Crippen LogP contribution is -2.30. The van der Waals surface area contributed by atoms with Crippen LogP contribution in [0, 0.1) is 0 Å². The van der Waals surface area contributed by atoms with Gasteiger partial charge in [0.05, 0.1) is 0 Å². The Labute approximate surface area is 478 Å². The van der Waals surface area contributed by atoms with Crippen LogP contribution >= 0.6 is 0 Å². The van der Waals surface area contributed by atoms with Gasteiger partial charge >= 0.3 is 17.9 Å².